The Morgan fingerprint density at radius 1 is 1.60 bits per heavy atom. The van der Waals surface area contributed by atoms with Crippen LogP contribution in [0.25, 0.3) is 0 Å². The highest BCUT2D eigenvalue weighted by Gasteiger charge is 2.04. The van der Waals surface area contributed by atoms with Crippen molar-refractivity contribution in [1.82, 2.24) is 14.8 Å². The summed E-state index contributed by atoms with van der Waals surface area (Å²) in [5, 5.41) is 15.4. The maximum atomic E-state index is 10.5. The molecule has 0 saturated heterocycles. The molecule has 0 aromatic carbocycles. The molecule has 1 heterocycles. The van der Waals surface area contributed by atoms with Gasteiger partial charge in [-0.05, 0) is 25.1 Å². The fraction of sp³-hybridized carbons (Fsp3) is 0.625. The summed E-state index contributed by atoms with van der Waals surface area (Å²) < 4.78 is 2.20. The van der Waals surface area contributed by atoms with Crippen LogP contribution in [0.5, 0.6) is 0 Å². The molecule has 4 N–H and O–H groups in total. The summed E-state index contributed by atoms with van der Waals surface area (Å²) in [5.41, 5.74) is 5.01. The van der Waals surface area contributed by atoms with Crippen molar-refractivity contribution in [2.45, 2.75) is 32.4 Å². The number of carbonyl (C=O) groups excluding carboxylic acids is 1. The van der Waals surface area contributed by atoms with Gasteiger partial charge in [-0.1, -0.05) is 0 Å². The monoisotopic (exact) mass is 230 g/mol. The topological polar surface area (TPSA) is 96.9 Å². The fourth-order valence-corrected chi connectivity index (χ4v) is 1.51. The number of aliphatic hydroxyl groups excluding tert-OH is 1. The third kappa shape index (κ3) is 3.45. The molecule has 15 heavy (non-hydrogen) atoms. The number of carbonyl (C=O) groups is 1. The molecule has 1 aromatic heterocycles. The van der Waals surface area contributed by atoms with E-state index < -0.39 is 0 Å². The molecule has 0 atom stereocenters. The van der Waals surface area contributed by atoms with Crippen LogP contribution in [-0.2, 0) is 17.9 Å². The van der Waals surface area contributed by atoms with Crippen molar-refractivity contribution in [3.8, 4) is 0 Å². The largest absolute Gasteiger partial charge is 0.388 e. The molecule has 0 spiro atoms. The molecule has 0 radical (unpaired) electrons. The summed E-state index contributed by atoms with van der Waals surface area (Å²) >= 11 is 4.98. The first-order valence-electron chi connectivity index (χ1n) is 4.68. The third-order valence-corrected chi connectivity index (χ3v) is 2.35. The minimum atomic E-state index is -0.298. The molecule has 6 nitrogen and oxygen atoms in total. The lowest BCUT2D eigenvalue weighted by Gasteiger charge is -2.03. The zero-order valence-corrected chi connectivity index (χ0v) is 9.09. The Morgan fingerprint density at radius 3 is 2.93 bits per heavy atom. The van der Waals surface area contributed by atoms with Gasteiger partial charge < -0.3 is 15.4 Å². The van der Waals surface area contributed by atoms with Crippen molar-refractivity contribution in [3.63, 3.8) is 0 Å². The normalized spacial score (nSPS) is 10.5. The molecule has 1 aromatic rings. The minimum absolute atomic E-state index is 0.150. The molecule has 0 fully saturated rings. The number of hydrogen-bond donors (Lipinski definition) is 3. The summed E-state index contributed by atoms with van der Waals surface area (Å²) in [6.45, 7) is 0.488. The van der Waals surface area contributed by atoms with Gasteiger partial charge in [0.1, 0.15) is 6.61 Å². The Bertz CT molecular complexity index is 384. The maximum Gasteiger partial charge on any atom is 0.217 e. The first-order chi connectivity index (χ1) is 7.15. The average molecular weight is 230 g/mol. The molecule has 84 valence electrons. The average Bonchev–Trinajstić information content (AvgIpc) is 2.54. The van der Waals surface area contributed by atoms with Crippen LogP contribution in [0, 0.1) is 4.77 Å². The number of rotatable bonds is 6. The number of H-pyrrole nitrogens is 1. The second-order valence-corrected chi connectivity index (χ2v) is 3.56. The van der Waals surface area contributed by atoms with Crippen molar-refractivity contribution < 1.29 is 9.90 Å². The first kappa shape index (κ1) is 11.9. The third-order valence-electron chi connectivity index (χ3n) is 2.03. The zero-order valence-electron chi connectivity index (χ0n) is 8.27. The molecule has 0 aliphatic rings. The van der Waals surface area contributed by atoms with Gasteiger partial charge in [0.2, 0.25) is 5.91 Å². The van der Waals surface area contributed by atoms with E-state index in [1.165, 1.54) is 0 Å². The summed E-state index contributed by atoms with van der Waals surface area (Å²) in [7, 11) is 0. The highest BCUT2D eigenvalue weighted by Crippen LogP contribution is 2.03. The number of unbranched alkanes of at least 4 members (excludes halogenated alkanes) is 1. The van der Waals surface area contributed by atoms with E-state index in [2.05, 4.69) is 10.2 Å². The van der Waals surface area contributed by atoms with Crippen molar-refractivity contribution in [2.75, 3.05) is 0 Å². The van der Waals surface area contributed by atoms with Gasteiger partial charge in [-0.25, -0.2) is 0 Å². The zero-order chi connectivity index (χ0) is 11.3. The summed E-state index contributed by atoms with van der Waals surface area (Å²) in [6.07, 6.45) is 1.87. The van der Waals surface area contributed by atoms with Gasteiger partial charge in [0.05, 0.1) is 0 Å². The van der Waals surface area contributed by atoms with Crippen LogP contribution < -0.4 is 5.73 Å². The van der Waals surface area contributed by atoms with Gasteiger partial charge in [-0.3, -0.25) is 9.89 Å². The lowest BCUT2D eigenvalue weighted by Crippen LogP contribution is -2.10. The lowest BCUT2D eigenvalue weighted by atomic mass is 10.2. The summed E-state index contributed by atoms with van der Waals surface area (Å²) in [6, 6.07) is 0. The Kier molecular flexibility index (Phi) is 4.44. The number of hydrogen-bond acceptors (Lipinski definition) is 4. The van der Waals surface area contributed by atoms with Crippen molar-refractivity contribution in [2.24, 2.45) is 5.73 Å². The SMILES string of the molecule is NC(=O)CCCCn1c(CO)n[nH]c1=S. The van der Waals surface area contributed by atoms with Gasteiger partial charge in [0, 0.05) is 13.0 Å². The highest BCUT2D eigenvalue weighted by atomic mass is 32.1. The summed E-state index contributed by atoms with van der Waals surface area (Å²) in [4.78, 5) is 10.5. The van der Waals surface area contributed by atoms with E-state index >= 15 is 0 Å². The second kappa shape index (κ2) is 5.62. The van der Waals surface area contributed by atoms with E-state index in [0.29, 0.717) is 30.0 Å². The number of amides is 1. The molecule has 0 saturated carbocycles. The lowest BCUT2D eigenvalue weighted by molar-refractivity contribution is -0.118. The molecular formula is C8H14N4O2S. The molecular weight excluding hydrogens is 216 g/mol. The van der Waals surface area contributed by atoms with Crippen LogP contribution in [0.2, 0.25) is 0 Å². The Labute approximate surface area is 92.1 Å². The maximum absolute atomic E-state index is 10.5. The van der Waals surface area contributed by atoms with Gasteiger partial charge in [0.15, 0.2) is 10.6 Å². The van der Waals surface area contributed by atoms with Crippen LogP contribution in [-0.4, -0.2) is 25.8 Å². The van der Waals surface area contributed by atoms with Crippen LogP contribution in [0.15, 0.2) is 0 Å². The molecule has 0 aliphatic heterocycles. The predicted octanol–water partition coefficient (Wildman–Crippen LogP) is 0.0886. The Hall–Kier alpha value is -1.21. The number of aliphatic hydroxyl groups is 1. The number of nitrogens with one attached hydrogen (secondary N) is 1. The number of aromatic amines is 1. The van der Waals surface area contributed by atoms with E-state index in [9.17, 15) is 4.79 Å². The smallest absolute Gasteiger partial charge is 0.217 e. The van der Waals surface area contributed by atoms with Crippen LogP contribution in [0.1, 0.15) is 25.1 Å². The second-order valence-electron chi connectivity index (χ2n) is 3.18. The van der Waals surface area contributed by atoms with Crippen molar-refractivity contribution in [3.05, 3.63) is 10.6 Å². The molecule has 0 unspecified atom stereocenters. The quantitative estimate of drug-likeness (QED) is 0.476. The van der Waals surface area contributed by atoms with E-state index in [1.54, 1.807) is 4.57 Å². The number of nitrogens with two attached hydrogens (primary N) is 1. The van der Waals surface area contributed by atoms with Crippen LogP contribution in [0.3, 0.4) is 0 Å². The van der Waals surface area contributed by atoms with E-state index in [0.717, 1.165) is 6.42 Å². The standard InChI is InChI=1S/C8H14N4O2S/c9-6(14)3-1-2-4-12-7(5-13)10-11-8(12)15/h13H,1-5H2,(H2,9,14)(H,11,15). The first-order valence-corrected chi connectivity index (χ1v) is 5.09. The number of nitrogens with zero attached hydrogens (tertiary/aromatic N) is 2. The fourth-order valence-electron chi connectivity index (χ4n) is 1.27. The summed E-state index contributed by atoms with van der Waals surface area (Å²) in [5.74, 6) is 0.215. The number of primary amides is 1. The Morgan fingerprint density at radius 2 is 2.33 bits per heavy atom. The molecule has 0 bridgehead atoms. The Balaban J connectivity index is 2.46. The highest BCUT2D eigenvalue weighted by molar-refractivity contribution is 7.71. The van der Waals surface area contributed by atoms with E-state index in [1.807, 2.05) is 0 Å². The molecule has 1 amide bonds. The van der Waals surface area contributed by atoms with Gasteiger partial charge >= 0.3 is 0 Å². The van der Waals surface area contributed by atoms with E-state index in [-0.39, 0.29) is 12.5 Å². The number of aromatic nitrogens is 3. The predicted molar refractivity (Wildman–Crippen MR) is 56.4 cm³/mol. The molecule has 1 rings (SSSR count). The molecule has 7 heteroatoms. The van der Waals surface area contributed by atoms with Crippen molar-refractivity contribution >= 4 is 18.1 Å². The van der Waals surface area contributed by atoms with Gasteiger partial charge in [0.25, 0.3) is 0 Å². The van der Waals surface area contributed by atoms with Crippen LogP contribution in [0.4, 0.5) is 0 Å². The van der Waals surface area contributed by atoms with Crippen molar-refractivity contribution in [1.29, 1.82) is 0 Å². The minimum Gasteiger partial charge on any atom is -0.388 e. The van der Waals surface area contributed by atoms with E-state index in [4.69, 9.17) is 23.1 Å². The van der Waals surface area contributed by atoms with Crippen LogP contribution >= 0.6 is 12.2 Å². The molecule has 0 aliphatic carbocycles. The van der Waals surface area contributed by atoms with Gasteiger partial charge in [-0.15, -0.1) is 0 Å². The van der Waals surface area contributed by atoms with Gasteiger partial charge in [-0.2, -0.15) is 5.10 Å².